The summed E-state index contributed by atoms with van der Waals surface area (Å²) < 4.78 is 10.4. The lowest BCUT2D eigenvalue weighted by Crippen LogP contribution is -2.32. The molecule has 1 atom stereocenters. The number of carbonyl (C=O) groups excluding carboxylic acids is 1. The van der Waals surface area contributed by atoms with E-state index in [0.717, 1.165) is 16.9 Å². The van der Waals surface area contributed by atoms with E-state index in [9.17, 15) is 4.79 Å². The van der Waals surface area contributed by atoms with Gasteiger partial charge < -0.3 is 20.1 Å². The van der Waals surface area contributed by atoms with E-state index in [1.807, 2.05) is 25.1 Å². The lowest BCUT2D eigenvalue weighted by Gasteiger charge is -2.16. The van der Waals surface area contributed by atoms with Gasteiger partial charge in [-0.3, -0.25) is 4.79 Å². The van der Waals surface area contributed by atoms with Gasteiger partial charge in [0.2, 0.25) is 5.91 Å². The Labute approximate surface area is 114 Å². The Morgan fingerprint density at radius 1 is 1.37 bits per heavy atom. The van der Waals surface area contributed by atoms with Crippen LogP contribution in [0, 0.1) is 0 Å². The quantitative estimate of drug-likeness (QED) is 0.779. The molecule has 0 aromatic heterocycles. The number of hydrogen-bond acceptors (Lipinski definition) is 4. The van der Waals surface area contributed by atoms with Crippen LogP contribution in [0.3, 0.4) is 0 Å². The van der Waals surface area contributed by atoms with Crippen molar-refractivity contribution in [2.45, 2.75) is 19.6 Å². The summed E-state index contributed by atoms with van der Waals surface area (Å²) >= 11 is 0. The van der Waals surface area contributed by atoms with Crippen molar-refractivity contribution in [3.8, 4) is 5.75 Å². The van der Waals surface area contributed by atoms with Crippen LogP contribution in [0.5, 0.6) is 5.75 Å². The van der Waals surface area contributed by atoms with Gasteiger partial charge in [-0.2, -0.15) is 0 Å². The average molecular weight is 266 g/mol. The molecule has 1 rings (SSSR count). The highest BCUT2D eigenvalue weighted by Crippen LogP contribution is 2.23. The second-order valence-electron chi connectivity index (χ2n) is 4.28. The summed E-state index contributed by atoms with van der Waals surface area (Å²) in [4.78, 5) is 11.2. The fourth-order valence-electron chi connectivity index (χ4n) is 1.79. The third kappa shape index (κ3) is 4.54. The molecule has 0 radical (unpaired) electrons. The van der Waals surface area contributed by atoms with E-state index >= 15 is 0 Å². The molecule has 0 saturated carbocycles. The molecule has 106 valence electrons. The van der Waals surface area contributed by atoms with Crippen LogP contribution in [0.1, 0.15) is 24.1 Å². The molecule has 0 spiro atoms. The van der Waals surface area contributed by atoms with Crippen LogP contribution in [0.4, 0.5) is 0 Å². The molecule has 0 aliphatic carbocycles. The summed E-state index contributed by atoms with van der Waals surface area (Å²) in [5.41, 5.74) is 2.09. The van der Waals surface area contributed by atoms with Crippen LogP contribution < -0.4 is 15.4 Å². The number of benzene rings is 1. The molecule has 0 aliphatic rings. The first-order valence-electron chi connectivity index (χ1n) is 6.22. The zero-order valence-electron chi connectivity index (χ0n) is 11.9. The first-order chi connectivity index (χ1) is 9.12. The maximum absolute atomic E-state index is 11.2. The maximum Gasteiger partial charge on any atom is 0.233 e. The van der Waals surface area contributed by atoms with Gasteiger partial charge in [0.15, 0.2) is 0 Å². The van der Waals surface area contributed by atoms with Crippen molar-refractivity contribution in [3.05, 3.63) is 29.3 Å². The molecular formula is C14H22N2O3. The van der Waals surface area contributed by atoms with Gasteiger partial charge in [0.1, 0.15) is 5.75 Å². The summed E-state index contributed by atoms with van der Waals surface area (Å²) in [6, 6.07) is 6.02. The second kappa shape index (κ2) is 7.76. The van der Waals surface area contributed by atoms with Crippen LogP contribution in [0.25, 0.3) is 0 Å². The maximum atomic E-state index is 11.2. The molecule has 5 nitrogen and oxygen atoms in total. The largest absolute Gasteiger partial charge is 0.496 e. The summed E-state index contributed by atoms with van der Waals surface area (Å²) in [5.74, 6) is 0.779. The van der Waals surface area contributed by atoms with Gasteiger partial charge in [0.25, 0.3) is 0 Å². The lowest BCUT2D eigenvalue weighted by molar-refractivity contribution is -0.119. The van der Waals surface area contributed by atoms with Gasteiger partial charge in [-0.15, -0.1) is 0 Å². The topological polar surface area (TPSA) is 59.6 Å². The van der Waals surface area contributed by atoms with Gasteiger partial charge in [0.05, 0.1) is 20.3 Å². The minimum atomic E-state index is -0.0301. The van der Waals surface area contributed by atoms with Crippen LogP contribution in [-0.2, 0) is 16.1 Å². The number of carbonyl (C=O) groups is 1. The third-order valence-corrected chi connectivity index (χ3v) is 2.95. The van der Waals surface area contributed by atoms with Crippen molar-refractivity contribution >= 4 is 5.91 Å². The predicted molar refractivity (Wildman–Crippen MR) is 74.2 cm³/mol. The Kier molecular flexibility index (Phi) is 6.32. The Hall–Kier alpha value is -1.59. The first kappa shape index (κ1) is 15.5. The molecule has 1 aromatic carbocycles. The number of likely N-dealkylation sites (N-methyl/N-ethyl adjacent to an activating group) is 1. The SMILES string of the molecule is CNC(=O)CNC(C)c1ccc(OC)c(COC)c1. The van der Waals surface area contributed by atoms with E-state index in [1.165, 1.54) is 0 Å². The van der Waals surface area contributed by atoms with Gasteiger partial charge in [-0.25, -0.2) is 0 Å². The second-order valence-corrected chi connectivity index (χ2v) is 4.28. The Morgan fingerprint density at radius 3 is 2.68 bits per heavy atom. The van der Waals surface area contributed by atoms with E-state index in [2.05, 4.69) is 10.6 Å². The molecule has 5 heteroatoms. The first-order valence-corrected chi connectivity index (χ1v) is 6.22. The third-order valence-electron chi connectivity index (χ3n) is 2.95. The Morgan fingerprint density at radius 2 is 2.11 bits per heavy atom. The van der Waals surface area contributed by atoms with E-state index in [-0.39, 0.29) is 11.9 Å². The normalized spacial score (nSPS) is 12.0. The number of hydrogen-bond donors (Lipinski definition) is 2. The highest BCUT2D eigenvalue weighted by Gasteiger charge is 2.10. The molecule has 2 N–H and O–H groups in total. The van der Waals surface area contributed by atoms with Crippen molar-refractivity contribution < 1.29 is 14.3 Å². The Balaban J connectivity index is 2.76. The van der Waals surface area contributed by atoms with Crippen molar-refractivity contribution in [1.82, 2.24) is 10.6 Å². The summed E-state index contributed by atoms with van der Waals surface area (Å²) in [7, 11) is 4.92. The smallest absolute Gasteiger partial charge is 0.233 e. The molecule has 0 heterocycles. The number of ether oxygens (including phenoxy) is 2. The van der Waals surface area contributed by atoms with Gasteiger partial charge >= 0.3 is 0 Å². The zero-order valence-corrected chi connectivity index (χ0v) is 11.9. The number of methoxy groups -OCH3 is 2. The van der Waals surface area contributed by atoms with E-state index in [0.29, 0.717) is 13.2 Å². The molecule has 1 aromatic rings. The zero-order chi connectivity index (χ0) is 14.3. The van der Waals surface area contributed by atoms with Gasteiger partial charge in [0, 0.05) is 25.8 Å². The van der Waals surface area contributed by atoms with Crippen LogP contribution in [-0.4, -0.2) is 33.7 Å². The molecule has 0 fully saturated rings. The van der Waals surface area contributed by atoms with Crippen molar-refractivity contribution in [3.63, 3.8) is 0 Å². The highest BCUT2D eigenvalue weighted by molar-refractivity contribution is 5.77. The highest BCUT2D eigenvalue weighted by atomic mass is 16.5. The van der Waals surface area contributed by atoms with Gasteiger partial charge in [-0.1, -0.05) is 6.07 Å². The fraction of sp³-hybridized carbons (Fsp3) is 0.500. The summed E-state index contributed by atoms with van der Waals surface area (Å²) in [6.07, 6.45) is 0. The summed E-state index contributed by atoms with van der Waals surface area (Å²) in [5, 5.41) is 5.74. The molecule has 1 unspecified atom stereocenters. The lowest BCUT2D eigenvalue weighted by atomic mass is 10.0. The van der Waals surface area contributed by atoms with Gasteiger partial charge in [-0.05, 0) is 24.6 Å². The average Bonchev–Trinajstić information content (AvgIpc) is 2.44. The van der Waals surface area contributed by atoms with Crippen molar-refractivity contribution in [2.75, 3.05) is 27.8 Å². The molecular weight excluding hydrogens is 244 g/mol. The number of amides is 1. The Bertz CT molecular complexity index is 421. The molecule has 1 amide bonds. The van der Waals surface area contributed by atoms with Crippen LogP contribution >= 0.6 is 0 Å². The molecule has 0 aliphatic heterocycles. The fourth-order valence-corrected chi connectivity index (χ4v) is 1.79. The van der Waals surface area contributed by atoms with Crippen molar-refractivity contribution in [2.24, 2.45) is 0 Å². The van der Waals surface area contributed by atoms with Crippen LogP contribution in [0.15, 0.2) is 18.2 Å². The molecule has 19 heavy (non-hydrogen) atoms. The van der Waals surface area contributed by atoms with E-state index < -0.39 is 0 Å². The van der Waals surface area contributed by atoms with Crippen LogP contribution in [0.2, 0.25) is 0 Å². The predicted octanol–water partition coefficient (Wildman–Crippen LogP) is 1.24. The number of rotatable bonds is 7. The molecule has 0 bridgehead atoms. The van der Waals surface area contributed by atoms with E-state index in [1.54, 1.807) is 21.3 Å². The number of nitrogens with one attached hydrogen (secondary N) is 2. The summed E-state index contributed by atoms with van der Waals surface area (Å²) in [6.45, 7) is 2.81. The molecule has 0 saturated heterocycles. The minimum Gasteiger partial charge on any atom is -0.496 e. The standard InChI is InChI=1S/C14H22N2O3/c1-10(16-8-14(17)15-2)11-5-6-13(19-4)12(7-11)9-18-3/h5-7,10,16H,8-9H2,1-4H3,(H,15,17). The minimum absolute atomic E-state index is 0.0301. The van der Waals surface area contributed by atoms with Crippen molar-refractivity contribution in [1.29, 1.82) is 0 Å². The van der Waals surface area contributed by atoms with E-state index in [4.69, 9.17) is 9.47 Å². The monoisotopic (exact) mass is 266 g/mol.